The van der Waals surface area contributed by atoms with E-state index in [1.165, 1.54) is 24.1 Å². The normalized spacial score (nSPS) is 23.1. The molecule has 27 heavy (non-hydrogen) atoms. The van der Waals surface area contributed by atoms with Crippen LogP contribution in [-0.2, 0) is 16.0 Å². The third-order valence-electron chi connectivity index (χ3n) is 5.49. The number of thiophene rings is 1. The van der Waals surface area contributed by atoms with E-state index in [1.54, 1.807) is 0 Å². The van der Waals surface area contributed by atoms with Crippen LogP contribution in [0.2, 0.25) is 0 Å². The number of aryl methyl sites for hydroxylation is 1. The molecule has 1 aliphatic rings. The van der Waals surface area contributed by atoms with Gasteiger partial charge in [-0.3, -0.25) is 15.0 Å². The van der Waals surface area contributed by atoms with Crippen LogP contribution < -0.4 is 11.0 Å². The molecule has 1 amide bonds. The maximum Gasteiger partial charge on any atom is 0.280 e. The van der Waals surface area contributed by atoms with Gasteiger partial charge in [0, 0.05) is 4.88 Å². The molecule has 2 heterocycles. The average Bonchev–Trinajstić information content (AvgIpc) is 3.06. The predicted molar refractivity (Wildman–Crippen MR) is 109 cm³/mol. The van der Waals surface area contributed by atoms with Gasteiger partial charge in [-0.25, -0.2) is 9.66 Å². The summed E-state index contributed by atoms with van der Waals surface area (Å²) in [6.07, 6.45) is 5.67. The van der Waals surface area contributed by atoms with Crippen molar-refractivity contribution in [3.8, 4) is 0 Å². The van der Waals surface area contributed by atoms with Crippen LogP contribution in [-0.4, -0.2) is 28.3 Å². The Morgan fingerprint density at radius 3 is 2.93 bits per heavy atom. The number of nitrogens with one attached hydrogen (secondary N) is 1. The van der Waals surface area contributed by atoms with Crippen molar-refractivity contribution in [3.05, 3.63) is 27.6 Å². The zero-order chi connectivity index (χ0) is 19.6. The lowest BCUT2D eigenvalue weighted by Crippen LogP contribution is -2.39. The molecule has 2 aromatic rings. The van der Waals surface area contributed by atoms with E-state index in [2.05, 4.69) is 31.2 Å². The summed E-state index contributed by atoms with van der Waals surface area (Å²) in [5, 5.41) is 0.543. The topological polar surface area (TPSA) is 73.2 Å². The molecule has 1 N–H and O–H groups in total. The van der Waals surface area contributed by atoms with Crippen LogP contribution in [0.4, 0.5) is 0 Å². The summed E-state index contributed by atoms with van der Waals surface area (Å²) >= 11 is 1.51. The van der Waals surface area contributed by atoms with Crippen LogP contribution >= 0.6 is 11.3 Å². The summed E-state index contributed by atoms with van der Waals surface area (Å²) < 4.78 is 7.12. The lowest BCUT2D eigenvalue weighted by molar-refractivity contribution is -0.127. The second kappa shape index (κ2) is 8.52. The van der Waals surface area contributed by atoms with E-state index >= 15 is 0 Å². The molecule has 1 aliphatic carbocycles. The number of aromatic nitrogens is 2. The summed E-state index contributed by atoms with van der Waals surface area (Å²) in [7, 11) is 0. The highest BCUT2D eigenvalue weighted by molar-refractivity contribution is 7.18. The fourth-order valence-corrected chi connectivity index (χ4v) is 4.81. The molecule has 1 saturated carbocycles. The first-order chi connectivity index (χ1) is 12.9. The van der Waals surface area contributed by atoms with Crippen LogP contribution in [0.1, 0.15) is 51.8 Å². The molecular formula is C20H29N3O3S. The number of nitrogens with zero attached hydrogens (tertiary/aromatic N) is 2. The molecule has 2 aromatic heterocycles. The van der Waals surface area contributed by atoms with Crippen molar-refractivity contribution in [1.29, 1.82) is 0 Å². The third-order valence-corrected chi connectivity index (χ3v) is 6.67. The summed E-state index contributed by atoms with van der Waals surface area (Å²) in [6, 6.07) is 1.85. The van der Waals surface area contributed by atoms with E-state index in [-0.39, 0.29) is 24.2 Å². The summed E-state index contributed by atoms with van der Waals surface area (Å²) in [4.78, 5) is 31.0. The minimum atomic E-state index is -0.329. The standard InChI is InChI=1S/C20H29N3O3S/c1-5-14-9-16-19(27-14)21-11-23(20(16)25)22-18(24)10-26-17-8-13(4)6-7-15(17)12(2)3/h9,11-13,15,17H,5-8,10H2,1-4H3,(H,22,24)/t13-,15-,17+/m0/s1. The molecule has 0 aliphatic heterocycles. The van der Waals surface area contributed by atoms with Crippen molar-refractivity contribution in [2.75, 3.05) is 12.0 Å². The Labute approximate surface area is 163 Å². The van der Waals surface area contributed by atoms with Gasteiger partial charge in [0.2, 0.25) is 0 Å². The van der Waals surface area contributed by atoms with E-state index in [1.807, 2.05) is 13.0 Å². The van der Waals surface area contributed by atoms with Crippen molar-refractivity contribution in [2.45, 2.75) is 59.5 Å². The SMILES string of the molecule is CCc1cc2c(=O)n(NC(=O)CO[C@@H]3C[C@@H](C)CC[C@H]3C(C)C)cnc2s1. The van der Waals surface area contributed by atoms with E-state index < -0.39 is 0 Å². The molecule has 0 bridgehead atoms. The molecule has 3 rings (SSSR count). The number of carbonyl (C=O) groups is 1. The highest BCUT2D eigenvalue weighted by Crippen LogP contribution is 2.35. The third kappa shape index (κ3) is 4.58. The first-order valence-corrected chi connectivity index (χ1v) is 10.6. The van der Waals surface area contributed by atoms with Crippen LogP contribution in [0.15, 0.2) is 17.2 Å². The molecule has 0 radical (unpaired) electrons. The van der Waals surface area contributed by atoms with Gasteiger partial charge in [-0.15, -0.1) is 11.3 Å². The number of rotatable bonds is 6. The largest absolute Gasteiger partial charge is 0.368 e. The summed E-state index contributed by atoms with van der Waals surface area (Å²) in [5.74, 6) is 1.30. The molecule has 0 aromatic carbocycles. The second-order valence-electron chi connectivity index (χ2n) is 7.92. The quantitative estimate of drug-likeness (QED) is 0.817. The number of ether oxygens (including phenoxy) is 1. The molecule has 0 unspecified atom stereocenters. The Morgan fingerprint density at radius 2 is 2.22 bits per heavy atom. The van der Waals surface area contributed by atoms with Crippen molar-refractivity contribution >= 4 is 27.5 Å². The van der Waals surface area contributed by atoms with E-state index in [0.29, 0.717) is 28.0 Å². The minimum absolute atomic E-state index is 0.0467. The van der Waals surface area contributed by atoms with Crippen molar-refractivity contribution in [1.82, 2.24) is 9.66 Å². The number of carbonyl (C=O) groups excluding carboxylic acids is 1. The zero-order valence-electron chi connectivity index (χ0n) is 16.5. The fraction of sp³-hybridized carbons (Fsp3) is 0.650. The van der Waals surface area contributed by atoms with Crippen LogP contribution in [0.3, 0.4) is 0 Å². The number of amides is 1. The first-order valence-electron chi connectivity index (χ1n) is 9.80. The lowest BCUT2D eigenvalue weighted by Gasteiger charge is -2.37. The molecule has 0 spiro atoms. The van der Waals surface area contributed by atoms with Crippen LogP contribution in [0, 0.1) is 17.8 Å². The van der Waals surface area contributed by atoms with E-state index in [9.17, 15) is 9.59 Å². The molecule has 0 saturated heterocycles. The van der Waals surface area contributed by atoms with Gasteiger partial charge in [0.05, 0.1) is 11.5 Å². The Kier molecular flexibility index (Phi) is 6.32. The maximum atomic E-state index is 12.6. The van der Waals surface area contributed by atoms with Gasteiger partial charge in [-0.2, -0.15) is 0 Å². The van der Waals surface area contributed by atoms with Gasteiger partial charge in [-0.05, 0) is 43.1 Å². The Balaban J connectivity index is 1.64. The Bertz CT molecular complexity index is 858. The average molecular weight is 392 g/mol. The molecule has 3 atom stereocenters. The van der Waals surface area contributed by atoms with Crippen LogP contribution in [0.5, 0.6) is 0 Å². The minimum Gasteiger partial charge on any atom is -0.368 e. The van der Waals surface area contributed by atoms with Gasteiger partial charge < -0.3 is 4.74 Å². The van der Waals surface area contributed by atoms with Crippen molar-refractivity contribution in [2.24, 2.45) is 17.8 Å². The zero-order valence-corrected chi connectivity index (χ0v) is 17.3. The number of hydrogen-bond donors (Lipinski definition) is 1. The molecule has 148 valence electrons. The monoisotopic (exact) mass is 391 g/mol. The second-order valence-corrected chi connectivity index (χ2v) is 9.03. The highest BCUT2D eigenvalue weighted by atomic mass is 32.1. The summed E-state index contributed by atoms with van der Waals surface area (Å²) in [6.45, 7) is 8.65. The van der Waals surface area contributed by atoms with Gasteiger partial charge in [0.25, 0.3) is 11.5 Å². The highest BCUT2D eigenvalue weighted by Gasteiger charge is 2.31. The number of hydrogen-bond acceptors (Lipinski definition) is 5. The van der Waals surface area contributed by atoms with Crippen molar-refractivity contribution in [3.63, 3.8) is 0 Å². The lowest BCUT2D eigenvalue weighted by atomic mass is 9.75. The smallest absolute Gasteiger partial charge is 0.280 e. The maximum absolute atomic E-state index is 12.6. The Hall–Kier alpha value is -1.73. The molecule has 1 fully saturated rings. The van der Waals surface area contributed by atoms with Gasteiger partial charge in [0.1, 0.15) is 17.8 Å². The summed E-state index contributed by atoms with van der Waals surface area (Å²) in [5.41, 5.74) is 2.35. The predicted octanol–water partition coefficient (Wildman–Crippen LogP) is 3.57. The van der Waals surface area contributed by atoms with Crippen LogP contribution in [0.25, 0.3) is 10.2 Å². The molecule has 7 heteroatoms. The van der Waals surface area contributed by atoms with Gasteiger partial charge in [0.15, 0.2) is 0 Å². The first kappa shape index (κ1) is 20.0. The Morgan fingerprint density at radius 1 is 1.44 bits per heavy atom. The van der Waals surface area contributed by atoms with Gasteiger partial charge >= 0.3 is 0 Å². The fourth-order valence-electron chi connectivity index (χ4n) is 3.88. The van der Waals surface area contributed by atoms with E-state index in [0.717, 1.165) is 28.8 Å². The number of fused-ring (bicyclic) bond motifs is 1. The van der Waals surface area contributed by atoms with Gasteiger partial charge in [-0.1, -0.05) is 34.1 Å². The van der Waals surface area contributed by atoms with E-state index in [4.69, 9.17) is 4.74 Å². The molecule has 6 nitrogen and oxygen atoms in total. The molecular weight excluding hydrogens is 362 g/mol. The van der Waals surface area contributed by atoms with Crippen molar-refractivity contribution < 1.29 is 9.53 Å².